The van der Waals surface area contributed by atoms with Crippen molar-refractivity contribution in [2.45, 2.75) is 6.92 Å². The van der Waals surface area contributed by atoms with E-state index in [0.717, 1.165) is 5.56 Å². The lowest BCUT2D eigenvalue weighted by Crippen LogP contribution is -2.24. The van der Waals surface area contributed by atoms with Gasteiger partial charge in [-0.15, -0.1) is 0 Å². The second-order valence-electron chi connectivity index (χ2n) is 4.91. The molecule has 0 spiro atoms. The molecule has 0 bridgehead atoms. The summed E-state index contributed by atoms with van der Waals surface area (Å²) in [6.07, 6.45) is 0. The van der Waals surface area contributed by atoms with Gasteiger partial charge in [-0.05, 0) is 43.3 Å². The van der Waals surface area contributed by atoms with Crippen molar-refractivity contribution in [2.75, 3.05) is 5.32 Å². The molecule has 1 amide bonds. The number of carbonyl (C=O) groups is 1. The first-order valence-corrected chi connectivity index (χ1v) is 6.60. The van der Waals surface area contributed by atoms with Gasteiger partial charge in [0.15, 0.2) is 5.69 Å². The van der Waals surface area contributed by atoms with Crippen molar-refractivity contribution in [3.05, 3.63) is 69.8 Å². The maximum absolute atomic E-state index is 12.8. The van der Waals surface area contributed by atoms with E-state index in [1.807, 2.05) is 13.0 Å². The number of nitrogens with one attached hydrogen (secondary N) is 2. The number of fused-ring (bicyclic) bond motifs is 1. The van der Waals surface area contributed by atoms with E-state index in [1.165, 1.54) is 24.3 Å². The second-order valence-corrected chi connectivity index (χ2v) is 4.91. The molecule has 6 heteroatoms. The summed E-state index contributed by atoms with van der Waals surface area (Å²) in [6.45, 7) is 1.86. The molecule has 0 unspecified atom stereocenters. The Morgan fingerprint density at radius 2 is 1.91 bits per heavy atom. The number of amides is 1. The number of H-pyrrole nitrogens is 1. The summed E-state index contributed by atoms with van der Waals surface area (Å²) < 4.78 is 12.8. The number of aromatic amines is 1. The largest absolute Gasteiger partial charge is 0.320 e. The molecule has 22 heavy (non-hydrogen) atoms. The third kappa shape index (κ3) is 2.58. The topological polar surface area (TPSA) is 74.8 Å². The van der Waals surface area contributed by atoms with E-state index in [0.29, 0.717) is 16.6 Å². The van der Waals surface area contributed by atoms with Gasteiger partial charge < -0.3 is 5.32 Å². The number of aromatic nitrogens is 2. The van der Waals surface area contributed by atoms with Gasteiger partial charge in [-0.3, -0.25) is 14.7 Å². The minimum absolute atomic E-state index is 0.234. The summed E-state index contributed by atoms with van der Waals surface area (Å²) in [5.41, 5.74) is 1.18. The molecule has 0 atom stereocenters. The average molecular weight is 297 g/mol. The van der Waals surface area contributed by atoms with Crippen LogP contribution in [0.3, 0.4) is 0 Å². The van der Waals surface area contributed by atoms with Crippen LogP contribution in [0.15, 0.2) is 47.3 Å². The van der Waals surface area contributed by atoms with Crippen LogP contribution in [0, 0.1) is 12.7 Å². The van der Waals surface area contributed by atoms with E-state index in [9.17, 15) is 14.0 Å². The van der Waals surface area contributed by atoms with Gasteiger partial charge in [-0.1, -0.05) is 11.6 Å². The standard InChI is InChI=1S/C16H12FN3O2/c1-9-2-7-13-12(8-9)15(21)14(20-19-13)16(22)18-11-5-3-10(17)4-6-11/h2-8H,1H3,(H,18,22)(H,19,21). The quantitative estimate of drug-likeness (QED) is 0.763. The number of aryl methyl sites for hydroxylation is 1. The van der Waals surface area contributed by atoms with Crippen LogP contribution in [0.1, 0.15) is 16.1 Å². The summed E-state index contributed by atoms with van der Waals surface area (Å²) >= 11 is 0. The number of anilines is 1. The number of halogens is 1. The van der Waals surface area contributed by atoms with Crippen LogP contribution in [-0.2, 0) is 0 Å². The first-order valence-electron chi connectivity index (χ1n) is 6.60. The number of hydrogen-bond acceptors (Lipinski definition) is 3. The maximum Gasteiger partial charge on any atom is 0.280 e. The fraction of sp³-hybridized carbons (Fsp3) is 0.0625. The molecule has 1 heterocycles. The molecule has 1 aromatic heterocycles. The molecule has 0 saturated heterocycles. The van der Waals surface area contributed by atoms with Gasteiger partial charge in [0.1, 0.15) is 5.82 Å². The lowest BCUT2D eigenvalue weighted by atomic mass is 10.1. The van der Waals surface area contributed by atoms with Gasteiger partial charge in [0.2, 0.25) is 5.43 Å². The number of hydrogen-bond donors (Lipinski definition) is 2. The summed E-state index contributed by atoms with van der Waals surface area (Å²) in [4.78, 5) is 24.5. The minimum atomic E-state index is -0.642. The third-order valence-electron chi connectivity index (χ3n) is 3.24. The van der Waals surface area contributed by atoms with E-state index >= 15 is 0 Å². The lowest BCUT2D eigenvalue weighted by molar-refractivity contribution is 0.102. The van der Waals surface area contributed by atoms with Crippen molar-refractivity contribution in [1.29, 1.82) is 0 Å². The van der Waals surface area contributed by atoms with Gasteiger partial charge in [0.05, 0.1) is 5.52 Å². The van der Waals surface area contributed by atoms with Crippen molar-refractivity contribution in [2.24, 2.45) is 0 Å². The van der Waals surface area contributed by atoms with E-state index < -0.39 is 17.2 Å². The van der Waals surface area contributed by atoms with Crippen LogP contribution in [0.5, 0.6) is 0 Å². The zero-order chi connectivity index (χ0) is 15.7. The predicted octanol–water partition coefficient (Wildman–Crippen LogP) is 2.62. The van der Waals surface area contributed by atoms with Gasteiger partial charge in [-0.2, -0.15) is 5.10 Å². The summed E-state index contributed by atoms with van der Waals surface area (Å²) in [6, 6.07) is 10.5. The fourth-order valence-electron chi connectivity index (χ4n) is 2.12. The molecule has 0 aliphatic carbocycles. The Bertz CT molecular complexity index is 917. The van der Waals surface area contributed by atoms with Crippen molar-refractivity contribution < 1.29 is 9.18 Å². The Morgan fingerprint density at radius 1 is 1.18 bits per heavy atom. The highest BCUT2D eigenvalue weighted by atomic mass is 19.1. The number of carbonyl (C=O) groups excluding carboxylic acids is 1. The van der Waals surface area contributed by atoms with Crippen LogP contribution in [0.4, 0.5) is 10.1 Å². The molecule has 0 aliphatic heterocycles. The number of nitrogens with zero attached hydrogens (tertiary/aromatic N) is 1. The van der Waals surface area contributed by atoms with Crippen LogP contribution in [-0.4, -0.2) is 16.1 Å². The van der Waals surface area contributed by atoms with Gasteiger partial charge in [0.25, 0.3) is 5.91 Å². The maximum atomic E-state index is 12.8. The highest BCUT2D eigenvalue weighted by Gasteiger charge is 2.15. The van der Waals surface area contributed by atoms with E-state index in [1.54, 1.807) is 12.1 Å². The first-order chi connectivity index (χ1) is 10.5. The van der Waals surface area contributed by atoms with E-state index in [4.69, 9.17) is 0 Å². The second kappa shape index (κ2) is 5.40. The van der Waals surface area contributed by atoms with Gasteiger partial charge >= 0.3 is 0 Å². The van der Waals surface area contributed by atoms with Gasteiger partial charge in [0, 0.05) is 11.1 Å². The summed E-state index contributed by atoms with van der Waals surface area (Å²) in [7, 11) is 0. The molecule has 0 aliphatic rings. The van der Waals surface area contributed by atoms with Gasteiger partial charge in [-0.25, -0.2) is 4.39 Å². The lowest BCUT2D eigenvalue weighted by Gasteiger charge is -2.05. The highest BCUT2D eigenvalue weighted by Crippen LogP contribution is 2.11. The Morgan fingerprint density at radius 3 is 2.64 bits per heavy atom. The molecule has 0 saturated carbocycles. The molecular formula is C16H12FN3O2. The number of rotatable bonds is 2. The zero-order valence-corrected chi connectivity index (χ0v) is 11.7. The molecule has 110 valence electrons. The summed E-state index contributed by atoms with van der Waals surface area (Å²) in [5, 5.41) is 9.44. The van der Waals surface area contributed by atoms with Crippen molar-refractivity contribution in [1.82, 2.24) is 10.2 Å². The molecule has 3 rings (SSSR count). The Hall–Kier alpha value is -3.02. The molecule has 5 nitrogen and oxygen atoms in total. The Balaban J connectivity index is 1.99. The normalized spacial score (nSPS) is 10.6. The molecule has 2 N–H and O–H groups in total. The van der Waals surface area contributed by atoms with Crippen LogP contribution < -0.4 is 10.7 Å². The monoisotopic (exact) mass is 297 g/mol. The summed E-state index contributed by atoms with van der Waals surface area (Å²) in [5.74, 6) is -1.05. The molecule has 2 aromatic carbocycles. The van der Waals surface area contributed by atoms with Crippen molar-refractivity contribution >= 4 is 22.5 Å². The predicted molar refractivity (Wildman–Crippen MR) is 81.5 cm³/mol. The van der Waals surface area contributed by atoms with Crippen LogP contribution >= 0.6 is 0 Å². The van der Waals surface area contributed by atoms with Crippen molar-refractivity contribution in [3.8, 4) is 0 Å². The van der Waals surface area contributed by atoms with Crippen LogP contribution in [0.25, 0.3) is 10.9 Å². The molecule has 0 radical (unpaired) electrons. The fourth-order valence-corrected chi connectivity index (χ4v) is 2.12. The van der Waals surface area contributed by atoms with Crippen LogP contribution in [0.2, 0.25) is 0 Å². The molecule has 3 aromatic rings. The zero-order valence-electron chi connectivity index (χ0n) is 11.7. The SMILES string of the molecule is Cc1ccc2[nH]nc(C(=O)Nc3ccc(F)cc3)c(=O)c2c1. The third-order valence-corrected chi connectivity index (χ3v) is 3.24. The van der Waals surface area contributed by atoms with Crippen molar-refractivity contribution in [3.63, 3.8) is 0 Å². The van der Waals surface area contributed by atoms with E-state index in [-0.39, 0.29) is 5.69 Å². The average Bonchev–Trinajstić information content (AvgIpc) is 2.50. The smallest absolute Gasteiger partial charge is 0.280 e. The Labute approximate surface area is 124 Å². The van der Waals surface area contributed by atoms with E-state index in [2.05, 4.69) is 15.5 Å². The Kier molecular flexibility index (Phi) is 3.42. The first kappa shape index (κ1) is 13.9. The highest BCUT2D eigenvalue weighted by molar-refractivity contribution is 6.04. The molecular weight excluding hydrogens is 285 g/mol. The molecule has 0 fully saturated rings. The number of benzene rings is 2. The minimum Gasteiger partial charge on any atom is -0.320 e.